The average molecular weight is 526 g/mol. The molecule has 3 heterocycles. The molecule has 0 unspecified atom stereocenters. The molecule has 0 saturated heterocycles. The summed E-state index contributed by atoms with van der Waals surface area (Å²) in [5, 5.41) is 6.69. The Bertz CT molecular complexity index is 1560. The molecule has 0 radical (unpaired) electrons. The molecule has 0 bridgehead atoms. The van der Waals surface area contributed by atoms with Gasteiger partial charge in [0.2, 0.25) is 0 Å². The summed E-state index contributed by atoms with van der Waals surface area (Å²) in [6.45, 7) is 1.59. The molecule has 6 nitrogen and oxygen atoms in total. The molecule has 10 heteroatoms. The predicted molar refractivity (Wildman–Crippen MR) is 135 cm³/mol. The summed E-state index contributed by atoms with van der Waals surface area (Å²) in [7, 11) is 1.56. The molecule has 190 valence electrons. The second-order valence-electron chi connectivity index (χ2n) is 9.16. The van der Waals surface area contributed by atoms with Crippen LogP contribution in [0.3, 0.4) is 0 Å². The minimum atomic E-state index is -4.57. The fourth-order valence-electron chi connectivity index (χ4n) is 4.96. The molecule has 6 rings (SSSR count). The number of thiophene rings is 1. The van der Waals surface area contributed by atoms with Gasteiger partial charge in [-0.3, -0.25) is 4.79 Å². The zero-order valence-corrected chi connectivity index (χ0v) is 20.8. The number of nitrogens with zero attached hydrogens (tertiary/aromatic N) is 1. The van der Waals surface area contributed by atoms with E-state index in [1.807, 2.05) is 12.1 Å². The highest BCUT2D eigenvalue weighted by Crippen LogP contribution is 2.43. The summed E-state index contributed by atoms with van der Waals surface area (Å²) in [5.74, 6) is 1.34. The molecular formula is C27H22F3N3O3S. The van der Waals surface area contributed by atoms with E-state index in [4.69, 9.17) is 9.47 Å². The number of anilines is 1. The molecule has 0 spiro atoms. The van der Waals surface area contributed by atoms with Crippen molar-refractivity contribution in [3.63, 3.8) is 0 Å². The number of ether oxygens (including phenoxy) is 2. The fourth-order valence-corrected chi connectivity index (χ4v) is 6.08. The van der Waals surface area contributed by atoms with Gasteiger partial charge in [-0.15, -0.1) is 11.3 Å². The number of methoxy groups -OCH3 is 1. The number of carbonyl (C=O) groups is 1. The van der Waals surface area contributed by atoms with Gasteiger partial charge in [-0.1, -0.05) is 12.1 Å². The first-order valence-corrected chi connectivity index (χ1v) is 12.6. The number of aryl methyl sites for hydroxylation is 3. The summed E-state index contributed by atoms with van der Waals surface area (Å²) in [4.78, 5) is 17.2. The van der Waals surface area contributed by atoms with Crippen LogP contribution >= 0.6 is 11.3 Å². The fraction of sp³-hybridized carbons (Fsp3) is 0.259. The Morgan fingerprint density at radius 1 is 1.03 bits per heavy atom. The standard InChI is InChI=1S/C27H22F3N3O3S/c1-13-10-20(27(28,29)30)31-26-21(13)22-23(37-26)25(34)33-24(32-22)16-7-9-18(35-2)19(12-16)36-17-8-6-14-4-3-5-15(14)11-17/h6-12,24,32H,3-5H2,1-2H3,(H,33,34)/t24-/m0/s1. The summed E-state index contributed by atoms with van der Waals surface area (Å²) in [6, 6.07) is 12.4. The lowest BCUT2D eigenvalue weighted by molar-refractivity contribution is -0.141. The number of aromatic nitrogens is 1. The Labute approximate surface area is 214 Å². The van der Waals surface area contributed by atoms with Crippen molar-refractivity contribution in [2.24, 2.45) is 0 Å². The second-order valence-corrected chi connectivity index (χ2v) is 10.2. The molecule has 2 aromatic carbocycles. The van der Waals surface area contributed by atoms with Crippen molar-refractivity contribution in [2.75, 3.05) is 12.4 Å². The van der Waals surface area contributed by atoms with Crippen molar-refractivity contribution in [3.05, 3.63) is 75.3 Å². The summed E-state index contributed by atoms with van der Waals surface area (Å²) in [6.07, 6.45) is -1.96. The van der Waals surface area contributed by atoms with E-state index in [0.29, 0.717) is 44.3 Å². The Kier molecular flexibility index (Phi) is 5.52. The maximum Gasteiger partial charge on any atom is 0.433 e. The van der Waals surface area contributed by atoms with Gasteiger partial charge in [0.15, 0.2) is 11.5 Å². The van der Waals surface area contributed by atoms with Crippen LogP contribution in [0.15, 0.2) is 42.5 Å². The van der Waals surface area contributed by atoms with Gasteiger partial charge in [-0.2, -0.15) is 13.2 Å². The van der Waals surface area contributed by atoms with Crippen LogP contribution in [0.4, 0.5) is 18.9 Å². The van der Waals surface area contributed by atoms with Crippen molar-refractivity contribution in [3.8, 4) is 17.2 Å². The van der Waals surface area contributed by atoms with Crippen molar-refractivity contribution in [1.82, 2.24) is 10.3 Å². The van der Waals surface area contributed by atoms with Gasteiger partial charge >= 0.3 is 6.18 Å². The Hall–Kier alpha value is -3.79. The molecule has 2 aromatic heterocycles. The van der Waals surface area contributed by atoms with E-state index in [-0.39, 0.29) is 10.7 Å². The van der Waals surface area contributed by atoms with Gasteiger partial charge in [0.25, 0.3) is 5.91 Å². The first-order chi connectivity index (χ1) is 17.7. The topological polar surface area (TPSA) is 72.5 Å². The van der Waals surface area contributed by atoms with Crippen LogP contribution in [0.1, 0.15) is 50.2 Å². The summed E-state index contributed by atoms with van der Waals surface area (Å²) in [5.41, 5.74) is 3.22. The molecule has 1 aliphatic heterocycles. The number of alkyl halides is 3. The van der Waals surface area contributed by atoms with Crippen LogP contribution in [0.25, 0.3) is 10.2 Å². The number of nitrogens with one attached hydrogen (secondary N) is 2. The third kappa shape index (κ3) is 4.15. The van der Waals surface area contributed by atoms with Gasteiger partial charge in [0.1, 0.15) is 27.3 Å². The Morgan fingerprint density at radius 2 is 1.84 bits per heavy atom. The maximum absolute atomic E-state index is 13.3. The van der Waals surface area contributed by atoms with Gasteiger partial charge < -0.3 is 20.1 Å². The Morgan fingerprint density at radius 3 is 2.62 bits per heavy atom. The quantitative estimate of drug-likeness (QED) is 0.308. The number of hydrogen-bond donors (Lipinski definition) is 2. The zero-order valence-electron chi connectivity index (χ0n) is 20.0. The van der Waals surface area contributed by atoms with E-state index in [1.54, 1.807) is 32.2 Å². The SMILES string of the molecule is COc1ccc([C@@H]2NC(=O)c3sc4nc(C(F)(F)F)cc(C)c4c3N2)cc1Oc1ccc2c(c1)CCC2. The molecule has 2 aliphatic rings. The number of fused-ring (bicyclic) bond motifs is 4. The van der Waals surface area contributed by atoms with Crippen molar-refractivity contribution in [2.45, 2.75) is 38.5 Å². The van der Waals surface area contributed by atoms with E-state index in [0.717, 1.165) is 36.7 Å². The lowest BCUT2D eigenvalue weighted by atomic mass is 10.1. The van der Waals surface area contributed by atoms with E-state index >= 15 is 0 Å². The Balaban J connectivity index is 1.35. The second kappa shape index (κ2) is 8.65. The minimum Gasteiger partial charge on any atom is -0.493 e. The van der Waals surface area contributed by atoms with Gasteiger partial charge in [-0.05, 0) is 78.8 Å². The van der Waals surface area contributed by atoms with Crippen LogP contribution in [0, 0.1) is 6.92 Å². The van der Waals surface area contributed by atoms with Crippen molar-refractivity contribution >= 4 is 33.1 Å². The van der Waals surface area contributed by atoms with Crippen LogP contribution < -0.4 is 20.1 Å². The molecule has 0 fully saturated rings. The van der Waals surface area contributed by atoms with Crippen LogP contribution in [-0.2, 0) is 19.0 Å². The van der Waals surface area contributed by atoms with E-state index < -0.39 is 18.0 Å². The van der Waals surface area contributed by atoms with Gasteiger partial charge in [0.05, 0.1) is 12.8 Å². The predicted octanol–water partition coefficient (Wildman–Crippen LogP) is 6.77. The monoisotopic (exact) mass is 525 g/mol. The van der Waals surface area contributed by atoms with E-state index in [9.17, 15) is 18.0 Å². The third-order valence-electron chi connectivity index (χ3n) is 6.74. The number of carbonyl (C=O) groups excluding carboxylic acids is 1. The first kappa shape index (κ1) is 23.6. The number of amides is 1. The third-order valence-corrected chi connectivity index (χ3v) is 7.82. The zero-order chi connectivity index (χ0) is 25.9. The van der Waals surface area contributed by atoms with Crippen LogP contribution in [0.2, 0.25) is 0 Å². The highest BCUT2D eigenvalue weighted by Gasteiger charge is 2.36. The van der Waals surface area contributed by atoms with E-state index in [2.05, 4.69) is 21.7 Å². The summed E-state index contributed by atoms with van der Waals surface area (Å²) >= 11 is 0.940. The largest absolute Gasteiger partial charge is 0.493 e. The smallest absolute Gasteiger partial charge is 0.433 e. The first-order valence-electron chi connectivity index (χ1n) is 11.8. The molecule has 1 atom stereocenters. The molecule has 2 N–H and O–H groups in total. The van der Waals surface area contributed by atoms with Crippen molar-refractivity contribution < 1.29 is 27.4 Å². The number of hydrogen-bond acceptors (Lipinski definition) is 6. The van der Waals surface area contributed by atoms with Crippen LogP contribution in [0.5, 0.6) is 17.2 Å². The average Bonchev–Trinajstić information content (AvgIpc) is 3.48. The highest BCUT2D eigenvalue weighted by atomic mass is 32.1. The summed E-state index contributed by atoms with van der Waals surface area (Å²) < 4.78 is 51.5. The molecule has 0 saturated carbocycles. The minimum absolute atomic E-state index is 0.163. The lowest BCUT2D eigenvalue weighted by Gasteiger charge is -2.27. The number of pyridine rings is 1. The molecule has 4 aromatic rings. The lowest BCUT2D eigenvalue weighted by Crippen LogP contribution is -2.37. The molecule has 1 aliphatic carbocycles. The van der Waals surface area contributed by atoms with Crippen LogP contribution in [-0.4, -0.2) is 18.0 Å². The molecule has 37 heavy (non-hydrogen) atoms. The van der Waals surface area contributed by atoms with Crippen molar-refractivity contribution in [1.29, 1.82) is 0 Å². The normalized spacial score (nSPS) is 16.7. The number of halogens is 3. The van der Waals surface area contributed by atoms with Gasteiger partial charge in [-0.25, -0.2) is 4.98 Å². The number of benzene rings is 2. The number of rotatable bonds is 4. The van der Waals surface area contributed by atoms with E-state index in [1.165, 1.54) is 11.1 Å². The maximum atomic E-state index is 13.3. The highest BCUT2D eigenvalue weighted by molar-refractivity contribution is 7.21. The molecular weight excluding hydrogens is 503 g/mol. The molecule has 1 amide bonds. The van der Waals surface area contributed by atoms with Gasteiger partial charge in [0, 0.05) is 5.39 Å².